The average Bonchev–Trinajstić information content (AvgIpc) is 2.56. The lowest BCUT2D eigenvalue weighted by Crippen LogP contribution is -2.13. The number of hydrogen-bond donors (Lipinski definition) is 2. The standard InChI is InChI=1S/C12H13N3O2/c13-9-6-2-5-8-10(12(16)17)14-11(15(8)9)7-3-1-4-7/h2,5-7H,1,3-4,13H2,(H,16,17). The Bertz CT molecular complexity index is 599. The largest absolute Gasteiger partial charge is 0.476 e. The number of carbonyl (C=O) groups is 1. The second kappa shape index (κ2) is 3.48. The Labute approximate surface area is 97.9 Å². The molecule has 0 saturated heterocycles. The van der Waals surface area contributed by atoms with Crippen molar-refractivity contribution < 1.29 is 9.90 Å². The zero-order valence-corrected chi connectivity index (χ0v) is 9.26. The maximum Gasteiger partial charge on any atom is 0.356 e. The van der Waals surface area contributed by atoms with E-state index in [-0.39, 0.29) is 5.69 Å². The van der Waals surface area contributed by atoms with Crippen molar-refractivity contribution in [2.75, 3.05) is 5.73 Å². The number of imidazole rings is 1. The van der Waals surface area contributed by atoms with Crippen LogP contribution in [0.4, 0.5) is 5.82 Å². The molecule has 0 spiro atoms. The second-order valence-electron chi connectivity index (χ2n) is 4.42. The highest BCUT2D eigenvalue weighted by molar-refractivity contribution is 5.94. The van der Waals surface area contributed by atoms with E-state index >= 15 is 0 Å². The predicted octanol–water partition coefficient (Wildman–Crippen LogP) is 1.88. The van der Waals surface area contributed by atoms with Crippen molar-refractivity contribution in [3.05, 3.63) is 29.7 Å². The third-order valence-corrected chi connectivity index (χ3v) is 3.39. The lowest BCUT2D eigenvalue weighted by atomic mass is 9.85. The van der Waals surface area contributed by atoms with E-state index in [0.717, 1.165) is 18.7 Å². The van der Waals surface area contributed by atoms with E-state index in [2.05, 4.69) is 4.98 Å². The van der Waals surface area contributed by atoms with Crippen molar-refractivity contribution in [3.63, 3.8) is 0 Å². The van der Waals surface area contributed by atoms with E-state index in [1.54, 1.807) is 22.6 Å². The zero-order chi connectivity index (χ0) is 12.0. The summed E-state index contributed by atoms with van der Waals surface area (Å²) >= 11 is 0. The number of carboxylic acid groups (broad SMARTS) is 1. The van der Waals surface area contributed by atoms with E-state index in [4.69, 9.17) is 10.8 Å². The summed E-state index contributed by atoms with van der Waals surface area (Å²) in [7, 11) is 0. The van der Waals surface area contributed by atoms with Gasteiger partial charge in [-0.05, 0) is 25.0 Å². The molecule has 0 bridgehead atoms. The van der Waals surface area contributed by atoms with Crippen molar-refractivity contribution in [1.29, 1.82) is 0 Å². The molecule has 3 N–H and O–H groups in total. The number of pyridine rings is 1. The van der Waals surface area contributed by atoms with E-state index < -0.39 is 5.97 Å². The van der Waals surface area contributed by atoms with Gasteiger partial charge in [0, 0.05) is 5.92 Å². The van der Waals surface area contributed by atoms with Gasteiger partial charge in [-0.1, -0.05) is 12.5 Å². The number of nitrogens with two attached hydrogens (primary N) is 1. The summed E-state index contributed by atoms with van der Waals surface area (Å²) in [6.45, 7) is 0. The number of aromatic carboxylic acids is 1. The highest BCUT2D eigenvalue weighted by atomic mass is 16.4. The molecule has 2 aromatic rings. The Morgan fingerprint density at radius 3 is 2.82 bits per heavy atom. The minimum Gasteiger partial charge on any atom is -0.476 e. The SMILES string of the molecule is Nc1cccc2c(C(=O)O)nc(C3CCC3)n12. The summed E-state index contributed by atoms with van der Waals surface area (Å²) in [5.74, 6) is 0.685. The van der Waals surface area contributed by atoms with Crippen LogP contribution in [-0.4, -0.2) is 20.5 Å². The van der Waals surface area contributed by atoms with Gasteiger partial charge >= 0.3 is 5.97 Å². The lowest BCUT2D eigenvalue weighted by molar-refractivity contribution is 0.0693. The summed E-state index contributed by atoms with van der Waals surface area (Å²) in [6, 6.07) is 5.26. The fourth-order valence-electron chi connectivity index (χ4n) is 2.29. The molecular weight excluding hydrogens is 218 g/mol. The first-order valence-corrected chi connectivity index (χ1v) is 5.68. The van der Waals surface area contributed by atoms with Crippen LogP contribution >= 0.6 is 0 Å². The zero-order valence-electron chi connectivity index (χ0n) is 9.26. The van der Waals surface area contributed by atoms with E-state index in [0.29, 0.717) is 17.3 Å². The maximum atomic E-state index is 11.2. The molecule has 0 amide bonds. The molecule has 88 valence electrons. The highest BCUT2D eigenvalue weighted by Crippen LogP contribution is 2.37. The van der Waals surface area contributed by atoms with Gasteiger partial charge in [-0.25, -0.2) is 9.78 Å². The second-order valence-corrected chi connectivity index (χ2v) is 4.42. The van der Waals surface area contributed by atoms with Crippen molar-refractivity contribution in [2.45, 2.75) is 25.2 Å². The number of hydrogen-bond acceptors (Lipinski definition) is 3. The van der Waals surface area contributed by atoms with Crippen LogP contribution in [0.1, 0.15) is 41.5 Å². The minimum absolute atomic E-state index is 0.0965. The van der Waals surface area contributed by atoms with Crippen LogP contribution in [0.2, 0.25) is 0 Å². The molecule has 0 unspecified atom stereocenters. The van der Waals surface area contributed by atoms with Crippen LogP contribution < -0.4 is 5.73 Å². The molecule has 1 fully saturated rings. The fraction of sp³-hybridized carbons (Fsp3) is 0.333. The Hall–Kier alpha value is -2.04. The summed E-state index contributed by atoms with van der Waals surface area (Å²) in [4.78, 5) is 15.4. The number of rotatable bonds is 2. The molecule has 3 rings (SSSR count). The Kier molecular flexibility index (Phi) is 2.07. The molecule has 0 radical (unpaired) electrons. The summed E-state index contributed by atoms with van der Waals surface area (Å²) in [5, 5.41) is 9.14. The minimum atomic E-state index is -1.00. The fourth-order valence-corrected chi connectivity index (χ4v) is 2.29. The van der Waals surface area contributed by atoms with Gasteiger partial charge in [0.15, 0.2) is 5.69 Å². The molecular formula is C12H13N3O2. The number of carboxylic acids is 1. The first kappa shape index (κ1) is 10.1. The van der Waals surface area contributed by atoms with Crippen molar-refractivity contribution in [2.24, 2.45) is 0 Å². The molecule has 0 aromatic carbocycles. The van der Waals surface area contributed by atoms with E-state index in [1.165, 1.54) is 6.42 Å². The summed E-state index contributed by atoms with van der Waals surface area (Å²) in [6.07, 6.45) is 3.30. The van der Waals surface area contributed by atoms with Crippen LogP contribution in [0.15, 0.2) is 18.2 Å². The van der Waals surface area contributed by atoms with Crippen LogP contribution in [0.3, 0.4) is 0 Å². The molecule has 1 aliphatic carbocycles. The first-order valence-electron chi connectivity index (χ1n) is 5.68. The molecule has 17 heavy (non-hydrogen) atoms. The molecule has 1 aliphatic rings. The summed E-state index contributed by atoms with van der Waals surface area (Å²) < 4.78 is 1.77. The number of fused-ring (bicyclic) bond motifs is 1. The van der Waals surface area contributed by atoms with Gasteiger partial charge in [-0.3, -0.25) is 4.40 Å². The van der Waals surface area contributed by atoms with Crippen molar-refractivity contribution in [3.8, 4) is 0 Å². The van der Waals surface area contributed by atoms with Gasteiger partial charge in [-0.2, -0.15) is 0 Å². The van der Waals surface area contributed by atoms with Crippen LogP contribution in [0.25, 0.3) is 5.52 Å². The number of nitrogens with zero attached hydrogens (tertiary/aromatic N) is 2. The van der Waals surface area contributed by atoms with Gasteiger partial charge in [0.05, 0.1) is 5.52 Å². The molecule has 1 saturated carbocycles. The molecule has 0 atom stereocenters. The first-order chi connectivity index (χ1) is 8.18. The van der Waals surface area contributed by atoms with Crippen molar-refractivity contribution in [1.82, 2.24) is 9.38 Å². The maximum absolute atomic E-state index is 11.2. The normalized spacial score (nSPS) is 16.0. The Morgan fingerprint density at radius 1 is 1.47 bits per heavy atom. The molecule has 0 aliphatic heterocycles. The third-order valence-electron chi connectivity index (χ3n) is 3.39. The number of nitrogen functional groups attached to an aromatic ring is 1. The molecule has 2 aromatic heterocycles. The van der Waals surface area contributed by atoms with Gasteiger partial charge in [0.2, 0.25) is 0 Å². The lowest BCUT2D eigenvalue weighted by Gasteiger charge is -2.24. The average molecular weight is 231 g/mol. The van der Waals surface area contributed by atoms with Gasteiger partial charge in [0.1, 0.15) is 11.6 Å². The van der Waals surface area contributed by atoms with Crippen LogP contribution in [0.5, 0.6) is 0 Å². The number of anilines is 1. The topological polar surface area (TPSA) is 80.6 Å². The van der Waals surface area contributed by atoms with E-state index in [1.807, 2.05) is 0 Å². The molecule has 5 heteroatoms. The Balaban J connectivity index is 2.30. The Morgan fingerprint density at radius 2 is 2.24 bits per heavy atom. The predicted molar refractivity (Wildman–Crippen MR) is 63.2 cm³/mol. The third kappa shape index (κ3) is 1.39. The molecule has 2 heterocycles. The molecule has 5 nitrogen and oxygen atoms in total. The highest BCUT2D eigenvalue weighted by Gasteiger charge is 2.27. The van der Waals surface area contributed by atoms with Gasteiger partial charge in [0.25, 0.3) is 0 Å². The van der Waals surface area contributed by atoms with Gasteiger partial charge < -0.3 is 10.8 Å². The van der Waals surface area contributed by atoms with Gasteiger partial charge in [-0.15, -0.1) is 0 Å². The number of aromatic nitrogens is 2. The smallest absolute Gasteiger partial charge is 0.356 e. The summed E-state index contributed by atoms with van der Waals surface area (Å²) in [5.41, 5.74) is 6.60. The van der Waals surface area contributed by atoms with E-state index in [9.17, 15) is 4.79 Å². The van der Waals surface area contributed by atoms with Crippen LogP contribution in [-0.2, 0) is 0 Å². The van der Waals surface area contributed by atoms with Crippen LogP contribution in [0, 0.1) is 0 Å². The quantitative estimate of drug-likeness (QED) is 0.826. The monoisotopic (exact) mass is 231 g/mol. The van der Waals surface area contributed by atoms with Crippen molar-refractivity contribution >= 4 is 17.3 Å².